The summed E-state index contributed by atoms with van der Waals surface area (Å²) in [5, 5.41) is 9.52. The van der Waals surface area contributed by atoms with Crippen LogP contribution in [0.15, 0.2) is 51.9 Å². The van der Waals surface area contributed by atoms with E-state index in [4.69, 9.17) is 4.42 Å². The molecule has 0 aliphatic heterocycles. The number of rotatable bonds is 2. The molecule has 0 spiro atoms. The number of phenols is 1. The highest BCUT2D eigenvalue weighted by atomic mass is 16.3. The number of aromatic hydroxyl groups is 1. The van der Waals surface area contributed by atoms with Crippen LogP contribution in [-0.2, 0) is 6.42 Å². The minimum absolute atomic E-state index is 0.0910. The molecule has 0 bridgehead atoms. The molecule has 1 N–H and O–H groups in total. The summed E-state index contributed by atoms with van der Waals surface area (Å²) in [7, 11) is 0. The summed E-state index contributed by atoms with van der Waals surface area (Å²) in [5.41, 5.74) is 0.651. The number of hydrogen-bond donors (Lipinski definition) is 1. The van der Waals surface area contributed by atoms with Crippen molar-refractivity contribution in [3.05, 3.63) is 64.2 Å². The van der Waals surface area contributed by atoms with Crippen molar-refractivity contribution in [2.75, 3.05) is 0 Å². The van der Waals surface area contributed by atoms with Gasteiger partial charge in [-0.1, -0.05) is 18.2 Å². The van der Waals surface area contributed by atoms with Crippen LogP contribution in [0.2, 0.25) is 0 Å². The van der Waals surface area contributed by atoms with Gasteiger partial charge in [-0.2, -0.15) is 0 Å². The van der Waals surface area contributed by atoms with Crippen LogP contribution in [-0.4, -0.2) is 5.11 Å². The molecule has 3 nitrogen and oxygen atoms in total. The molecule has 0 aliphatic carbocycles. The topological polar surface area (TPSA) is 50.4 Å². The van der Waals surface area contributed by atoms with Crippen molar-refractivity contribution >= 4 is 0 Å². The normalized spacial score (nSPS) is 10.1. The standard InChI is InChI=1S/C12H10O3/c13-10-5-6-15-11(8-10)7-9-3-1-2-4-12(9)14/h1-6,8,14H,7H2. The van der Waals surface area contributed by atoms with Crippen molar-refractivity contribution in [1.82, 2.24) is 0 Å². The number of hydrogen-bond acceptors (Lipinski definition) is 3. The molecular weight excluding hydrogens is 192 g/mol. The van der Waals surface area contributed by atoms with E-state index in [1.165, 1.54) is 18.4 Å². The third-order valence-corrected chi connectivity index (χ3v) is 2.11. The molecule has 0 saturated carbocycles. The quantitative estimate of drug-likeness (QED) is 0.809. The minimum Gasteiger partial charge on any atom is -0.508 e. The molecule has 1 aromatic heterocycles. The third kappa shape index (κ3) is 2.26. The third-order valence-electron chi connectivity index (χ3n) is 2.11. The number of benzene rings is 1. The monoisotopic (exact) mass is 202 g/mol. The molecule has 2 aromatic rings. The summed E-state index contributed by atoms with van der Waals surface area (Å²) in [6.07, 6.45) is 1.78. The predicted octanol–water partition coefficient (Wildman–Crippen LogP) is 1.94. The van der Waals surface area contributed by atoms with Crippen molar-refractivity contribution in [3.63, 3.8) is 0 Å². The first-order chi connectivity index (χ1) is 7.25. The lowest BCUT2D eigenvalue weighted by Crippen LogP contribution is -1.98. The van der Waals surface area contributed by atoms with Crippen LogP contribution in [0.5, 0.6) is 5.75 Å². The van der Waals surface area contributed by atoms with Crippen molar-refractivity contribution < 1.29 is 9.52 Å². The van der Waals surface area contributed by atoms with Crippen LogP contribution in [0, 0.1) is 0 Å². The van der Waals surface area contributed by atoms with Gasteiger partial charge >= 0.3 is 0 Å². The Hall–Kier alpha value is -2.03. The molecule has 3 heteroatoms. The highest BCUT2D eigenvalue weighted by molar-refractivity contribution is 5.34. The van der Waals surface area contributed by atoms with Crippen LogP contribution >= 0.6 is 0 Å². The summed E-state index contributed by atoms with van der Waals surface area (Å²) in [6.45, 7) is 0. The van der Waals surface area contributed by atoms with Gasteiger partial charge in [0, 0.05) is 24.1 Å². The van der Waals surface area contributed by atoms with E-state index in [-0.39, 0.29) is 11.2 Å². The average Bonchev–Trinajstić information content (AvgIpc) is 2.22. The van der Waals surface area contributed by atoms with Gasteiger partial charge in [0.05, 0.1) is 6.26 Å². The molecule has 0 radical (unpaired) electrons. The molecule has 76 valence electrons. The summed E-state index contributed by atoms with van der Waals surface area (Å²) >= 11 is 0. The predicted molar refractivity (Wildman–Crippen MR) is 55.9 cm³/mol. The molecule has 0 atom stereocenters. The van der Waals surface area contributed by atoms with E-state index in [2.05, 4.69) is 0 Å². The van der Waals surface area contributed by atoms with Crippen LogP contribution < -0.4 is 5.43 Å². The van der Waals surface area contributed by atoms with Crippen LogP contribution in [0.1, 0.15) is 11.3 Å². The second kappa shape index (κ2) is 4.00. The van der Waals surface area contributed by atoms with Crippen molar-refractivity contribution in [2.45, 2.75) is 6.42 Å². The Morgan fingerprint density at radius 1 is 1.20 bits per heavy atom. The largest absolute Gasteiger partial charge is 0.508 e. The van der Waals surface area contributed by atoms with Gasteiger partial charge < -0.3 is 9.52 Å². The Labute approximate surface area is 86.6 Å². The Morgan fingerprint density at radius 3 is 2.73 bits per heavy atom. The number of para-hydroxylation sites is 1. The molecule has 1 aromatic carbocycles. The fraction of sp³-hybridized carbons (Fsp3) is 0.0833. The maximum absolute atomic E-state index is 11.0. The molecular formula is C12H10O3. The maximum atomic E-state index is 11.0. The van der Waals surface area contributed by atoms with Gasteiger partial charge in [0.25, 0.3) is 0 Å². The zero-order chi connectivity index (χ0) is 10.7. The van der Waals surface area contributed by atoms with Crippen LogP contribution in [0.25, 0.3) is 0 Å². The van der Waals surface area contributed by atoms with E-state index in [1.807, 2.05) is 6.07 Å². The summed E-state index contributed by atoms with van der Waals surface area (Å²) in [5.74, 6) is 0.757. The van der Waals surface area contributed by atoms with Gasteiger partial charge in [-0.15, -0.1) is 0 Å². The first kappa shape index (κ1) is 9.52. The highest BCUT2D eigenvalue weighted by Gasteiger charge is 2.03. The average molecular weight is 202 g/mol. The fourth-order valence-electron chi connectivity index (χ4n) is 1.37. The molecule has 1 heterocycles. The van der Waals surface area contributed by atoms with Gasteiger partial charge in [-0.25, -0.2) is 0 Å². The van der Waals surface area contributed by atoms with Gasteiger partial charge in [0.1, 0.15) is 11.5 Å². The highest BCUT2D eigenvalue weighted by Crippen LogP contribution is 2.18. The lowest BCUT2D eigenvalue weighted by molar-refractivity contribution is 0.461. The van der Waals surface area contributed by atoms with Crippen LogP contribution in [0.4, 0.5) is 0 Å². The molecule has 0 amide bonds. The summed E-state index contributed by atoms with van der Waals surface area (Å²) < 4.78 is 5.16. The Balaban J connectivity index is 2.30. The van der Waals surface area contributed by atoms with Crippen molar-refractivity contribution in [2.24, 2.45) is 0 Å². The van der Waals surface area contributed by atoms with E-state index in [0.717, 1.165) is 5.56 Å². The fourth-order valence-corrected chi connectivity index (χ4v) is 1.37. The summed E-state index contributed by atoms with van der Waals surface area (Å²) in [4.78, 5) is 11.0. The molecule has 15 heavy (non-hydrogen) atoms. The second-order valence-corrected chi connectivity index (χ2v) is 3.24. The molecule has 0 unspecified atom stereocenters. The van der Waals surface area contributed by atoms with Gasteiger partial charge in [-0.3, -0.25) is 4.79 Å². The van der Waals surface area contributed by atoms with Gasteiger partial charge in [-0.05, 0) is 6.07 Å². The molecule has 0 fully saturated rings. The van der Waals surface area contributed by atoms with E-state index in [1.54, 1.807) is 18.2 Å². The molecule has 0 saturated heterocycles. The van der Waals surface area contributed by atoms with E-state index < -0.39 is 0 Å². The zero-order valence-electron chi connectivity index (χ0n) is 8.01. The number of phenolic OH excluding ortho intramolecular Hbond substituents is 1. The van der Waals surface area contributed by atoms with Gasteiger partial charge in [0.15, 0.2) is 5.43 Å². The smallest absolute Gasteiger partial charge is 0.185 e. The second-order valence-electron chi connectivity index (χ2n) is 3.24. The van der Waals surface area contributed by atoms with E-state index >= 15 is 0 Å². The SMILES string of the molecule is O=c1ccoc(Cc2ccccc2O)c1. The van der Waals surface area contributed by atoms with Crippen molar-refractivity contribution in [1.29, 1.82) is 0 Å². The lowest BCUT2D eigenvalue weighted by atomic mass is 10.1. The zero-order valence-corrected chi connectivity index (χ0v) is 8.01. The van der Waals surface area contributed by atoms with Gasteiger partial charge in [0.2, 0.25) is 0 Å². The van der Waals surface area contributed by atoms with Crippen molar-refractivity contribution in [3.8, 4) is 5.75 Å². The first-order valence-corrected chi connectivity index (χ1v) is 4.60. The minimum atomic E-state index is -0.0910. The molecule has 0 aliphatic rings. The first-order valence-electron chi connectivity index (χ1n) is 4.60. The Kier molecular flexibility index (Phi) is 2.54. The van der Waals surface area contributed by atoms with E-state index in [0.29, 0.717) is 12.2 Å². The van der Waals surface area contributed by atoms with E-state index in [9.17, 15) is 9.90 Å². The summed E-state index contributed by atoms with van der Waals surface area (Å²) in [6, 6.07) is 9.76. The Morgan fingerprint density at radius 2 is 2.00 bits per heavy atom. The maximum Gasteiger partial charge on any atom is 0.185 e. The lowest BCUT2D eigenvalue weighted by Gasteiger charge is -2.02. The Bertz CT molecular complexity index is 514. The molecule has 2 rings (SSSR count). The van der Waals surface area contributed by atoms with Crippen LogP contribution in [0.3, 0.4) is 0 Å².